The molecule has 0 aromatic heterocycles. The molecule has 1 saturated heterocycles. The highest BCUT2D eigenvalue weighted by Gasteiger charge is 2.42. The van der Waals surface area contributed by atoms with Gasteiger partial charge in [0.05, 0.1) is 6.42 Å². The monoisotopic (exact) mass is 275 g/mol. The average molecular weight is 275 g/mol. The van der Waals surface area contributed by atoms with E-state index in [0.717, 1.165) is 5.56 Å². The van der Waals surface area contributed by atoms with Crippen molar-refractivity contribution in [3.63, 3.8) is 0 Å². The summed E-state index contributed by atoms with van der Waals surface area (Å²) in [7, 11) is 1.76. The maximum absolute atomic E-state index is 12.5. The molecular formula is C15H21N3O2. The zero-order valence-electron chi connectivity index (χ0n) is 12.2. The van der Waals surface area contributed by atoms with Crippen molar-refractivity contribution in [1.29, 1.82) is 0 Å². The van der Waals surface area contributed by atoms with Crippen molar-refractivity contribution >= 4 is 17.5 Å². The summed E-state index contributed by atoms with van der Waals surface area (Å²) in [5.41, 5.74) is 6.49. The first-order valence-corrected chi connectivity index (χ1v) is 6.73. The summed E-state index contributed by atoms with van der Waals surface area (Å²) in [6, 6.07) is 7.33. The topological polar surface area (TPSA) is 66.6 Å². The number of carbonyl (C=O) groups is 2. The minimum Gasteiger partial charge on any atom is -0.398 e. The lowest BCUT2D eigenvalue weighted by molar-refractivity contribution is -0.156. The second-order valence-electron chi connectivity index (χ2n) is 5.71. The van der Waals surface area contributed by atoms with E-state index in [-0.39, 0.29) is 18.2 Å². The van der Waals surface area contributed by atoms with Crippen molar-refractivity contribution in [2.75, 3.05) is 25.9 Å². The summed E-state index contributed by atoms with van der Waals surface area (Å²) in [5, 5.41) is 0. The molecule has 0 unspecified atom stereocenters. The molecule has 1 aliphatic heterocycles. The molecule has 0 saturated carbocycles. The van der Waals surface area contributed by atoms with E-state index in [4.69, 9.17) is 5.73 Å². The van der Waals surface area contributed by atoms with Crippen LogP contribution < -0.4 is 5.73 Å². The number of anilines is 1. The number of nitrogens with zero attached hydrogens (tertiary/aromatic N) is 2. The van der Waals surface area contributed by atoms with Crippen LogP contribution in [0.15, 0.2) is 24.3 Å². The lowest BCUT2D eigenvalue weighted by Gasteiger charge is -2.44. The summed E-state index contributed by atoms with van der Waals surface area (Å²) in [6.07, 6.45) is 0.229. The molecule has 0 atom stereocenters. The summed E-state index contributed by atoms with van der Waals surface area (Å²) in [5.74, 6) is -0.0903. The summed E-state index contributed by atoms with van der Waals surface area (Å²) in [6.45, 7) is 4.70. The molecule has 5 nitrogen and oxygen atoms in total. The Balaban J connectivity index is 2.17. The van der Waals surface area contributed by atoms with Gasteiger partial charge in [-0.25, -0.2) is 0 Å². The Labute approximate surface area is 119 Å². The predicted molar refractivity (Wildman–Crippen MR) is 78.0 cm³/mol. The van der Waals surface area contributed by atoms with Gasteiger partial charge in [0.15, 0.2) is 0 Å². The molecule has 20 heavy (non-hydrogen) atoms. The van der Waals surface area contributed by atoms with Crippen molar-refractivity contribution in [3.8, 4) is 0 Å². The molecule has 108 valence electrons. The lowest BCUT2D eigenvalue weighted by atomic mass is 9.96. The maximum atomic E-state index is 12.5. The van der Waals surface area contributed by atoms with Crippen molar-refractivity contribution in [1.82, 2.24) is 9.80 Å². The molecule has 1 heterocycles. The first-order valence-electron chi connectivity index (χ1n) is 6.73. The SMILES string of the molecule is CN1CCN(C(=O)Cc2ccccc2N)C(C)(C)C1=O. The molecule has 1 aliphatic rings. The molecule has 1 fully saturated rings. The number of benzene rings is 1. The normalized spacial score (nSPS) is 18.2. The van der Waals surface area contributed by atoms with Crippen LogP contribution in [0, 0.1) is 0 Å². The van der Waals surface area contributed by atoms with Crippen molar-refractivity contribution in [3.05, 3.63) is 29.8 Å². The molecular weight excluding hydrogens is 254 g/mol. The van der Waals surface area contributed by atoms with Gasteiger partial charge in [-0.15, -0.1) is 0 Å². The van der Waals surface area contributed by atoms with E-state index in [2.05, 4.69) is 0 Å². The number of nitrogens with two attached hydrogens (primary N) is 1. The van der Waals surface area contributed by atoms with Crippen LogP contribution >= 0.6 is 0 Å². The van der Waals surface area contributed by atoms with E-state index in [1.54, 1.807) is 36.8 Å². The maximum Gasteiger partial charge on any atom is 0.247 e. The highest BCUT2D eigenvalue weighted by molar-refractivity contribution is 5.92. The van der Waals surface area contributed by atoms with Crippen LogP contribution in [0.3, 0.4) is 0 Å². The summed E-state index contributed by atoms with van der Waals surface area (Å²) >= 11 is 0. The van der Waals surface area contributed by atoms with Crippen LogP contribution in [-0.2, 0) is 16.0 Å². The van der Waals surface area contributed by atoms with Gasteiger partial charge in [0.1, 0.15) is 5.54 Å². The number of rotatable bonds is 2. The van der Waals surface area contributed by atoms with Crippen LogP contribution in [0.4, 0.5) is 5.69 Å². The zero-order chi connectivity index (χ0) is 14.9. The Bertz CT molecular complexity index is 540. The third-order valence-electron chi connectivity index (χ3n) is 3.90. The van der Waals surface area contributed by atoms with Gasteiger partial charge < -0.3 is 15.5 Å². The first-order chi connectivity index (χ1) is 9.34. The highest BCUT2D eigenvalue weighted by atomic mass is 16.2. The van der Waals surface area contributed by atoms with Crippen LogP contribution in [0.1, 0.15) is 19.4 Å². The number of para-hydroxylation sites is 1. The number of carbonyl (C=O) groups excluding carboxylic acids is 2. The predicted octanol–water partition coefficient (Wildman–Crippen LogP) is 0.890. The number of piperazine rings is 1. The molecule has 2 rings (SSSR count). The zero-order valence-corrected chi connectivity index (χ0v) is 12.2. The molecule has 2 amide bonds. The van der Waals surface area contributed by atoms with E-state index >= 15 is 0 Å². The molecule has 0 aliphatic carbocycles. The second-order valence-corrected chi connectivity index (χ2v) is 5.71. The van der Waals surface area contributed by atoms with E-state index in [0.29, 0.717) is 18.8 Å². The number of nitrogen functional groups attached to an aromatic ring is 1. The number of amides is 2. The van der Waals surface area contributed by atoms with Gasteiger partial charge in [-0.2, -0.15) is 0 Å². The van der Waals surface area contributed by atoms with Gasteiger partial charge in [0.25, 0.3) is 0 Å². The van der Waals surface area contributed by atoms with Crippen LogP contribution in [0.5, 0.6) is 0 Å². The molecule has 1 aromatic carbocycles. The molecule has 0 radical (unpaired) electrons. The number of likely N-dealkylation sites (N-methyl/N-ethyl adjacent to an activating group) is 1. The van der Waals surface area contributed by atoms with E-state index in [9.17, 15) is 9.59 Å². The van der Waals surface area contributed by atoms with Crippen LogP contribution in [0.25, 0.3) is 0 Å². The Morgan fingerprint density at radius 2 is 1.95 bits per heavy atom. The second kappa shape index (κ2) is 5.15. The minimum atomic E-state index is -0.798. The molecule has 2 N–H and O–H groups in total. The average Bonchev–Trinajstić information content (AvgIpc) is 2.38. The van der Waals surface area contributed by atoms with Crippen LogP contribution in [0.2, 0.25) is 0 Å². The number of hydrogen-bond acceptors (Lipinski definition) is 3. The van der Waals surface area contributed by atoms with Crippen LogP contribution in [-0.4, -0.2) is 47.3 Å². The largest absolute Gasteiger partial charge is 0.398 e. The van der Waals surface area contributed by atoms with Crippen molar-refractivity contribution < 1.29 is 9.59 Å². The summed E-state index contributed by atoms with van der Waals surface area (Å²) < 4.78 is 0. The van der Waals surface area contributed by atoms with Gasteiger partial charge in [0.2, 0.25) is 11.8 Å². The fourth-order valence-electron chi connectivity index (χ4n) is 2.60. The van der Waals surface area contributed by atoms with Gasteiger partial charge in [0, 0.05) is 25.8 Å². The third kappa shape index (κ3) is 2.48. The lowest BCUT2D eigenvalue weighted by Crippen LogP contribution is -2.63. The standard InChI is InChI=1S/C15H21N3O2/c1-15(2)14(20)17(3)8-9-18(15)13(19)10-11-6-4-5-7-12(11)16/h4-7H,8-10,16H2,1-3H3. The van der Waals surface area contributed by atoms with Gasteiger partial charge in [-0.05, 0) is 25.5 Å². The first kappa shape index (κ1) is 14.4. The third-order valence-corrected chi connectivity index (χ3v) is 3.90. The Kier molecular flexibility index (Phi) is 3.70. The molecule has 0 spiro atoms. The van der Waals surface area contributed by atoms with Gasteiger partial charge in [-0.3, -0.25) is 9.59 Å². The summed E-state index contributed by atoms with van der Waals surface area (Å²) in [4.78, 5) is 28.0. The molecule has 0 bridgehead atoms. The Morgan fingerprint density at radius 3 is 2.60 bits per heavy atom. The van der Waals surface area contributed by atoms with Gasteiger partial charge >= 0.3 is 0 Å². The van der Waals surface area contributed by atoms with E-state index in [1.165, 1.54) is 0 Å². The van der Waals surface area contributed by atoms with E-state index < -0.39 is 5.54 Å². The smallest absolute Gasteiger partial charge is 0.247 e. The Morgan fingerprint density at radius 1 is 1.30 bits per heavy atom. The quantitative estimate of drug-likeness (QED) is 0.815. The molecule has 5 heteroatoms. The van der Waals surface area contributed by atoms with E-state index in [1.807, 2.05) is 18.2 Å². The van der Waals surface area contributed by atoms with Gasteiger partial charge in [-0.1, -0.05) is 18.2 Å². The number of hydrogen-bond donors (Lipinski definition) is 1. The fraction of sp³-hybridized carbons (Fsp3) is 0.467. The fourth-order valence-corrected chi connectivity index (χ4v) is 2.60. The molecule has 1 aromatic rings. The van der Waals surface area contributed by atoms with Crippen molar-refractivity contribution in [2.45, 2.75) is 25.8 Å². The minimum absolute atomic E-state index is 0.0295. The highest BCUT2D eigenvalue weighted by Crippen LogP contribution is 2.23. The Hall–Kier alpha value is -2.04. The van der Waals surface area contributed by atoms with Crippen molar-refractivity contribution in [2.24, 2.45) is 0 Å².